The molecule has 3 nitrogen and oxygen atoms in total. The molecule has 0 spiro atoms. The van der Waals surface area contributed by atoms with Crippen LogP contribution in [-0.2, 0) is 4.79 Å². The Labute approximate surface area is 128 Å². The molecule has 1 aromatic rings. The summed E-state index contributed by atoms with van der Waals surface area (Å²) in [4.78, 5) is 14.6. The first-order valence-electron chi connectivity index (χ1n) is 6.60. The average Bonchev–Trinajstić information content (AvgIpc) is 2.93. The zero-order valence-electron chi connectivity index (χ0n) is 10.8. The highest BCUT2D eigenvalue weighted by molar-refractivity contribution is 9.10. The molecule has 1 fully saturated rings. The van der Waals surface area contributed by atoms with Crippen LogP contribution in [-0.4, -0.2) is 36.2 Å². The van der Waals surface area contributed by atoms with Crippen LogP contribution in [0, 0.1) is 0 Å². The molecular formula is C14H19BrN2OS. The fourth-order valence-electron chi connectivity index (χ4n) is 2.45. The third-order valence-electron chi connectivity index (χ3n) is 3.35. The molecule has 1 heterocycles. The second-order valence-corrected chi connectivity index (χ2v) is 6.07. The van der Waals surface area contributed by atoms with E-state index in [1.54, 1.807) is 0 Å². The Morgan fingerprint density at radius 3 is 2.53 bits per heavy atom. The predicted molar refractivity (Wildman–Crippen MR) is 84.6 cm³/mol. The van der Waals surface area contributed by atoms with Crippen molar-refractivity contribution in [3.05, 3.63) is 34.3 Å². The maximum atomic E-state index is 12.4. The quantitative estimate of drug-likeness (QED) is 0.806. The summed E-state index contributed by atoms with van der Waals surface area (Å²) >= 11 is 7.57. The van der Waals surface area contributed by atoms with Gasteiger partial charge in [0.1, 0.15) is 6.04 Å². The van der Waals surface area contributed by atoms with Crippen molar-refractivity contribution in [3.8, 4) is 0 Å². The minimum atomic E-state index is -0.171. The third-order valence-corrected chi connectivity index (χ3v) is 4.10. The molecule has 1 aromatic carbocycles. The topological polar surface area (TPSA) is 32.3 Å². The molecule has 1 amide bonds. The third kappa shape index (κ3) is 3.97. The second-order valence-electron chi connectivity index (χ2n) is 4.71. The van der Waals surface area contributed by atoms with Gasteiger partial charge in [-0.2, -0.15) is 12.6 Å². The first kappa shape index (κ1) is 14.9. The van der Waals surface area contributed by atoms with Crippen molar-refractivity contribution < 1.29 is 4.79 Å². The van der Waals surface area contributed by atoms with Crippen LogP contribution >= 0.6 is 28.6 Å². The number of carbonyl (C=O) groups is 1. The van der Waals surface area contributed by atoms with E-state index in [9.17, 15) is 4.79 Å². The van der Waals surface area contributed by atoms with Gasteiger partial charge < -0.3 is 5.32 Å². The van der Waals surface area contributed by atoms with Crippen molar-refractivity contribution in [1.82, 2.24) is 10.2 Å². The number of nitrogens with zero attached hydrogens (tertiary/aromatic N) is 1. The van der Waals surface area contributed by atoms with E-state index in [1.807, 2.05) is 24.3 Å². The number of hydrogen-bond donors (Lipinski definition) is 2. The molecule has 0 bridgehead atoms. The summed E-state index contributed by atoms with van der Waals surface area (Å²) in [5.41, 5.74) is 1.06. The molecule has 2 rings (SSSR count). The Balaban J connectivity index is 2.17. The van der Waals surface area contributed by atoms with Crippen molar-refractivity contribution in [3.63, 3.8) is 0 Å². The van der Waals surface area contributed by atoms with Gasteiger partial charge in [0.15, 0.2) is 0 Å². The summed E-state index contributed by atoms with van der Waals surface area (Å²) in [5.74, 6) is 0.747. The van der Waals surface area contributed by atoms with Crippen molar-refractivity contribution >= 4 is 34.5 Å². The lowest BCUT2D eigenvalue weighted by Crippen LogP contribution is -2.40. The first-order valence-corrected chi connectivity index (χ1v) is 8.03. The van der Waals surface area contributed by atoms with Crippen LogP contribution in [0.1, 0.15) is 24.4 Å². The lowest BCUT2D eigenvalue weighted by Gasteiger charge is -2.27. The van der Waals surface area contributed by atoms with Gasteiger partial charge in [-0.1, -0.05) is 28.1 Å². The van der Waals surface area contributed by atoms with Crippen molar-refractivity contribution in [2.24, 2.45) is 0 Å². The van der Waals surface area contributed by atoms with E-state index in [0.717, 1.165) is 23.1 Å². The van der Waals surface area contributed by atoms with Gasteiger partial charge in [-0.15, -0.1) is 0 Å². The molecule has 0 aliphatic carbocycles. The Kier molecular flexibility index (Phi) is 5.73. The molecule has 19 heavy (non-hydrogen) atoms. The van der Waals surface area contributed by atoms with E-state index in [-0.39, 0.29) is 11.9 Å². The highest BCUT2D eigenvalue weighted by Crippen LogP contribution is 2.26. The molecule has 1 aliphatic rings. The summed E-state index contributed by atoms with van der Waals surface area (Å²) in [6.07, 6.45) is 2.35. The zero-order valence-corrected chi connectivity index (χ0v) is 13.3. The van der Waals surface area contributed by atoms with Gasteiger partial charge in [0.05, 0.1) is 0 Å². The molecule has 0 saturated carbocycles. The SMILES string of the molecule is O=C(NCCS)C(c1ccc(Br)cc1)N1CCCC1. The monoisotopic (exact) mass is 342 g/mol. The fourth-order valence-corrected chi connectivity index (χ4v) is 2.82. The smallest absolute Gasteiger partial charge is 0.241 e. The van der Waals surface area contributed by atoms with E-state index >= 15 is 0 Å². The number of benzene rings is 1. The minimum absolute atomic E-state index is 0.0817. The Morgan fingerprint density at radius 1 is 1.32 bits per heavy atom. The normalized spacial score (nSPS) is 17.4. The molecule has 1 atom stereocenters. The van der Waals surface area contributed by atoms with Crippen LogP contribution in [0.3, 0.4) is 0 Å². The molecule has 0 aromatic heterocycles. The first-order chi connectivity index (χ1) is 9.22. The maximum absolute atomic E-state index is 12.4. The summed E-state index contributed by atoms with van der Waals surface area (Å²) in [7, 11) is 0. The fraction of sp³-hybridized carbons (Fsp3) is 0.500. The van der Waals surface area contributed by atoms with Gasteiger partial charge in [-0.25, -0.2) is 0 Å². The summed E-state index contributed by atoms with van der Waals surface area (Å²) in [6.45, 7) is 2.60. The minimum Gasteiger partial charge on any atom is -0.354 e. The molecule has 5 heteroatoms. The molecule has 1 saturated heterocycles. The van der Waals surface area contributed by atoms with Crippen LogP contribution in [0.4, 0.5) is 0 Å². The van der Waals surface area contributed by atoms with Crippen molar-refractivity contribution in [2.45, 2.75) is 18.9 Å². The number of likely N-dealkylation sites (tertiary alicyclic amines) is 1. The predicted octanol–water partition coefficient (Wildman–Crippen LogP) is 2.63. The number of thiol groups is 1. The number of nitrogens with one attached hydrogen (secondary N) is 1. The van der Waals surface area contributed by atoms with E-state index in [1.165, 1.54) is 12.8 Å². The summed E-state index contributed by atoms with van der Waals surface area (Å²) in [6, 6.07) is 7.85. The number of rotatable bonds is 5. The Bertz CT molecular complexity index is 418. The standard InChI is InChI=1S/C14H19BrN2OS/c15-12-5-3-11(4-6-12)13(14(18)16-7-10-19)17-8-1-2-9-17/h3-6,13,19H,1-2,7-10H2,(H,16,18). The van der Waals surface area contributed by atoms with E-state index in [4.69, 9.17) is 0 Å². The van der Waals surface area contributed by atoms with E-state index in [2.05, 4.69) is 38.8 Å². The van der Waals surface area contributed by atoms with Gasteiger partial charge >= 0.3 is 0 Å². The highest BCUT2D eigenvalue weighted by atomic mass is 79.9. The van der Waals surface area contributed by atoms with Crippen LogP contribution in [0.2, 0.25) is 0 Å². The van der Waals surface area contributed by atoms with Gasteiger partial charge in [0, 0.05) is 16.8 Å². The van der Waals surface area contributed by atoms with Gasteiger partial charge in [0.2, 0.25) is 5.91 Å². The van der Waals surface area contributed by atoms with E-state index in [0.29, 0.717) is 12.3 Å². The Hall–Kier alpha value is -0.520. The summed E-state index contributed by atoms with van der Waals surface area (Å²) < 4.78 is 1.03. The average molecular weight is 343 g/mol. The van der Waals surface area contributed by atoms with Crippen LogP contribution in [0.25, 0.3) is 0 Å². The van der Waals surface area contributed by atoms with E-state index < -0.39 is 0 Å². The lowest BCUT2D eigenvalue weighted by atomic mass is 10.0. The molecular weight excluding hydrogens is 324 g/mol. The molecule has 1 unspecified atom stereocenters. The number of halogens is 1. The number of carbonyl (C=O) groups excluding carboxylic acids is 1. The number of amides is 1. The van der Waals surface area contributed by atoms with Crippen molar-refractivity contribution in [1.29, 1.82) is 0 Å². The summed E-state index contributed by atoms with van der Waals surface area (Å²) in [5, 5.41) is 2.95. The molecule has 0 radical (unpaired) electrons. The van der Waals surface area contributed by atoms with Crippen molar-refractivity contribution in [2.75, 3.05) is 25.4 Å². The highest BCUT2D eigenvalue weighted by Gasteiger charge is 2.29. The Morgan fingerprint density at radius 2 is 1.95 bits per heavy atom. The zero-order chi connectivity index (χ0) is 13.7. The number of hydrogen-bond acceptors (Lipinski definition) is 3. The van der Waals surface area contributed by atoms with Gasteiger partial charge in [-0.05, 0) is 43.6 Å². The lowest BCUT2D eigenvalue weighted by molar-refractivity contribution is -0.126. The molecule has 104 valence electrons. The van der Waals surface area contributed by atoms with Crippen LogP contribution in [0.5, 0.6) is 0 Å². The largest absolute Gasteiger partial charge is 0.354 e. The van der Waals surface area contributed by atoms with Crippen LogP contribution < -0.4 is 5.32 Å². The molecule has 1 N–H and O–H groups in total. The van der Waals surface area contributed by atoms with Gasteiger partial charge in [0.25, 0.3) is 0 Å². The maximum Gasteiger partial charge on any atom is 0.241 e. The van der Waals surface area contributed by atoms with Crippen LogP contribution in [0.15, 0.2) is 28.7 Å². The second kappa shape index (κ2) is 7.31. The molecule has 1 aliphatic heterocycles. The van der Waals surface area contributed by atoms with Gasteiger partial charge in [-0.3, -0.25) is 9.69 Å².